The number of aromatic nitrogens is 2. The summed E-state index contributed by atoms with van der Waals surface area (Å²) >= 11 is -0.139. The normalized spacial score (nSPS) is 18.1. The number of nitrogens with two attached hydrogens (primary N) is 1. The summed E-state index contributed by atoms with van der Waals surface area (Å²) in [5.41, 5.74) is 1.56. The highest BCUT2D eigenvalue weighted by atomic mass is 32.2. The minimum atomic E-state index is -4.32. The number of halogens is 3. The van der Waals surface area contributed by atoms with Gasteiger partial charge in [0, 0.05) is 36.6 Å². The molecule has 0 bridgehead atoms. The van der Waals surface area contributed by atoms with Crippen LogP contribution in [-0.4, -0.2) is 51.6 Å². The molecule has 0 spiro atoms. The van der Waals surface area contributed by atoms with Gasteiger partial charge in [-0.2, -0.15) is 18.3 Å². The average Bonchev–Trinajstić information content (AvgIpc) is 3.56. The van der Waals surface area contributed by atoms with Crippen LogP contribution in [0.1, 0.15) is 41.6 Å². The van der Waals surface area contributed by atoms with Gasteiger partial charge in [0.2, 0.25) is 12.5 Å². The molecule has 0 unspecified atom stereocenters. The third kappa shape index (κ3) is 6.15. The van der Waals surface area contributed by atoms with Crippen LogP contribution in [0.25, 0.3) is 4.85 Å². The molecule has 2 aromatic rings. The molecule has 1 aromatic heterocycles. The Bertz CT molecular complexity index is 1130. The number of rotatable bonds is 8. The largest absolute Gasteiger partial charge is 0.446 e. The second-order valence-corrected chi connectivity index (χ2v) is 10.1. The van der Waals surface area contributed by atoms with Crippen molar-refractivity contribution < 1.29 is 22.8 Å². The minimum absolute atomic E-state index is 0.0672. The van der Waals surface area contributed by atoms with Gasteiger partial charge in [-0.25, -0.2) is 6.57 Å². The quantitative estimate of drug-likeness (QED) is 0.419. The summed E-state index contributed by atoms with van der Waals surface area (Å²) in [5, 5.41) is 7.17. The van der Waals surface area contributed by atoms with Gasteiger partial charge in [-0.05, 0) is 55.1 Å². The summed E-state index contributed by atoms with van der Waals surface area (Å²) in [4.78, 5) is 30.1. The van der Waals surface area contributed by atoms with E-state index in [2.05, 4.69) is 20.2 Å². The van der Waals surface area contributed by atoms with Crippen LogP contribution in [-0.2, 0) is 16.9 Å². The topological polar surface area (TPSA) is 97.6 Å². The lowest BCUT2D eigenvalue weighted by Crippen LogP contribution is -2.47. The summed E-state index contributed by atoms with van der Waals surface area (Å²) in [6.45, 7) is 9.45. The molecular weight excluding hydrogens is 481 g/mol. The Balaban J connectivity index is 1.45. The maximum absolute atomic E-state index is 12.5. The van der Waals surface area contributed by atoms with E-state index in [0.29, 0.717) is 32.5 Å². The fourth-order valence-electron chi connectivity index (χ4n) is 4.24. The lowest BCUT2D eigenvalue weighted by atomic mass is 9.87. The number of benzene rings is 1. The highest BCUT2D eigenvalue weighted by Crippen LogP contribution is 2.37. The van der Waals surface area contributed by atoms with E-state index in [4.69, 9.17) is 12.3 Å². The second kappa shape index (κ2) is 9.91. The molecule has 1 aliphatic heterocycles. The maximum atomic E-state index is 12.5. The molecule has 2 aliphatic rings. The molecule has 1 aliphatic carbocycles. The van der Waals surface area contributed by atoms with Crippen molar-refractivity contribution in [3.63, 3.8) is 0 Å². The van der Waals surface area contributed by atoms with Crippen molar-refractivity contribution in [1.29, 1.82) is 0 Å². The molecule has 0 atom stereocenters. The predicted octanol–water partition coefficient (Wildman–Crippen LogP) is 3.85. The fourth-order valence-corrected chi connectivity index (χ4v) is 4.78. The van der Waals surface area contributed by atoms with Crippen molar-refractivity contribution in [3.05, 3.63) is 53.0 Å². The Morgan fingerprint density at radius 1 is 1.23 bits per heavy atom. The monoisotopic (exact) mass is 506 g/mol. The zero-order valence-corrected chi connectivity index (χ0v) is 19.7. The Morgan fingerprint density at radius 3 is 2.43 bits per heavy atom. The van der Waals surface area contributed by atoms with Gasteiger partial charge in [0.25, 0.3) is 5.91 Å². The lowest BCUT2D eigenvalue weighted by molar-refractivity contribution is -0.117. The number of anilines is 1. The summed E-state index contributed by atoms with van der Waals surface area (Å²) in [6.07, 6.45) is 4.28. The molecule has 35 heavy (non-hydrogen) atoms. The Hall–Kier alpha value is -3.04. The Morgan fingerprint density at radius 2 is 1.89 bits per heavy atom. The number of primary amides is 1. The SMILES string of the molecule is [C-]#[N+]CC1(n2cc(C(N)=O)c(NC(=O)C3CC3)n2)CCN(Cc2ccc(SC(F)(F)F)cc2)CC1. The van der Waals surface area contributed by atoms with Gasteiger partial charge in [-0.1, -0.05) is 12.1 Å². The van der Waals surface area contributed by atoms with E-state index in [1.54, 1.807) is 16.8 Å². The number of carbonyl (C=O) groups is 2. The minimum Gasteiger partial charge on any atom is -0.365 e. The van der Waals surface area contributed by atoms with Gasteiger partial charge in [0.05, 0.1) is 0 Å². The van der Waals surface area contributed by atoms with Crippen LogP contribution in [0.2, 0.25) is 0 Å². The maximum Gasteiger partial charge on any atom is 0.446 e. The number of carbonyl (C=O) groups excluding carboxylic acids is 2. The van der Waals surface area contributed by atoms with Crippen LogP contribution in [0.3, 0.4) is 0 Å². The van der Waals surface area contributed by atoms with Crippen LogP contribution in [0.4, 0.5) is 19.0 Å². The molecule has 3 N–H and O–H groups in total. The summed E-state index contributed by atoms with van der Waals surface area (Å²) in [6, 6.07) is 6.31. The van der Waals surface area contributed by atoms with E-state index in [9.17, 15) is 22.8 Å². The molecule has 12 heteroatoms. The number of thioether (sulfide) groups is 1. The number of likely N-dealkylation sites (tertiary alicyclic amines) is 1. The van der Waals surface area contributed by atoms with E-state index < -0.39 is 17.0 Å². The van der Waals surface area contributed by atoms with Crippen molar-refractivity contribution in [1.82, 2.24) is 14.7 Å². The Kier molecular flexibility index (Phi) is 7.10. The third-order valence-electron chi connectivity index (χ3n) is 6.38. The molecule has 8 nitrogen and oxygen atoms in total. The van der Waals surface area contributed by atoms with Crippen LogP contribution in [0.15, 0.2) is 35.4 Å². The zero-order chi connectivity index (χ0) is 25.2. The molecule has 1 saturated carbocycles. The first kappa shape index (κ1) is 25.1. The second-order valence-electron chi connectivity index (χ2n) is 8.97. The van der Waals surface area contributed by atoms with Crippen molar-refractivity contribution in [3.8, 4) is 0 Å². The molecule has 4 rings (SSSR count). The van der Waals surface area contributed by atoms with Gasteiger partial charge in [0.1, 0.15) is 11.1 Å². The molecule has 2 fully saturated rings. The molecule has 2 heterocycles. The molecule has 1 aromatic carbocycles. The van der Waals surface area contributed by atoms with Gasteiger partial charge in [0.15, 0.2) is 5.82 Å². The molecule has 0 radical (unpaired) electrons. The number of hydrogen-bond donors (Lipinski definition) is 2. The number of piperidine rings is 1. The number of amides is 2. The first-order chi connectivity index (χ1) is 16.6. The van der Waals surface area contributed by atoms with E-state index in [-0.39, 0.29) is 46.4 Å². The van der Waals surface area contributed by atoms with Crippen LogP contribution < -0.4 is 11.1 Å². The fraction of sp³-hybridized carbons (Fsp3) is 0.478. The number of hydrogen-bond acceptors (Lipinski definition) is 5. The first-order valence-corrected chi connectivity index (χ1v) is 12.0. The van der Waals surface area contributed by atoms with Crippen molar-refractivity contribution in [2.24, 2.45) is 11.7 Å². The summed E-state index contributed by atoms with van der Waals surface area (Å²) < 4.78 is 39.2. The summed E-state index contributed by atoms with van der Waals surface area (Å²) in [5.74, 6) is -0.836. The van der Waals surface area contributed by atoms with Crippen molar-refractivity contribution in [2.75, 3.05) is 25.0 Å². The van der Waals surface area contributed by atoms with Crippen molar-refractivity contribution >= 4 is 29.4 Å². The van der Waals surface area contributed by atoms with Crippen molar-refractivity contribution in [2.45, 2.75) is 48.2 Å². The van der Waals surface area contributed by atoms with Gasteiger partial charge in [-0.15, -0.1) is 0 Å². The highest BCUT2D eigenvalue weighted by Gasteiger charge is 2.41. The highest BCUT2D eigenvalue weighted by molar-refractivity contribution is 8.00. The number of alkyl halides is 3. The molecule has 2 amide bonds. The van der Waals surface area contributed by atoms with Gasteiger partial charge >= 0.3 is 5.51 Å². The van der Waals surface area contributed by atoms with E-state index in [1.807, 2.05) is 0 Å². The zero-order valence-electron chi connectivity index (χ0n) is 18.8. The molecule has 186 valence electrons. The van der Waals surface area contributed by atoms with Crippen LogP contribution in [0, 0.1) is 12.5 Å². The van der Waals surface area contributed by atoms with Gasteiger partial charge in [-0.3, -0.25) is 19.2 Å². The van der Waals surface area contributed by atoms with Crippen LogP contribution >= 0.6 is 11.8 Å². The third-order valence-corrected chi connectivity index (χ3v) is 7.12. The standard InChI is InChI=1S/C23H25F3N6O2S/c1-28-14-22(32-13-18(19(27)33)20(30-32)29-21(34)16-4-5-16)8-10-31(11-9-22)12-15-2-6-17(7-3-15)35-23(24,25)26/h2-3,6-7,13,16H,4-5,8-12,14H2,(H2,27,33)(H,29,30,34). The Labute approximate surface area is 204 Å². The number of nitrogens with zero attached hydrogens (tertiary/aromatic N) is 4. The first-order valence-electron chi connectivity index (χ1n) is 11.2. The van der Waals surface area contributed by atoms with E-state index in [1.165, 1.54) is 18.3 Å². The smallest absolute Gasteiger partial charge is 0.365 e. The van der Waals surface area contributed by atoms with E-state index >= 15 is 0 Å². The average molecular weight is 507 g/mol. The molecule has 1 saturated heterocycles. The lowest BCUT2D eigenvalue weighted by Gasteiger charge is -2.38. The summed E-state index contributed by atoms with van der Waals surface area (Å²) in [7, 11) is 0. The van der Waals surface area contributed by atoms with Gasteiger partial charge < -0.3 is 15.9 Å². The number of nitrogens with one attached hydrogen (secondary N) is 1. The van der Waals surface area contributed by atoms with E-state index in [0.717, 1.165) is 18.4 Å². The van der Waals surface area contributed by atoms with Crippen LogP contribution in [0.5, 0.6) is 0 Å². The predicted molar refractivity (Wildman–Crippen MR) is 124 cm³/mol. The molecular formula is C23H25F3N6O2S.